The Bertz CT molecular complexity index is 188. The maximum absolute atomic E-state index is 5.78. The monoisotopic (exact) mass is 255 g/mol. The molecule has 1 N–H and O–H groups in total. The molecule has 2 atom stereocenters. The summed E-state index contributed by atoms with van der Waals surface area (Å²) >= 11 is 0. The zero-order valence-electron chi connectivity index (χ0n) is 12.7. The highest BCUT2D eigenvalue weighted by molar-refractivity contribution is 4.85. The molecule has 0 radical (unpaired) electrons. The summed E-state index contributed by atoms with van der Waals surface area (Å²) in [6.45, 7) is 5.64. The van der Waals surface area contributed by atoms with Crippen molar-refractivity contribution in [1.82, 2.24) is 5.32 Å². The molecule has 0 aromatic heterocycles. The van der Waals surface area contributed by atoms with Gasteiger partial charge in [0.15, 0.2) is 0 Å². The molecule has 18 heavy (non-hydrogen) atoms. The van der Waals surface area contributed by atoms with Gasteiger partial charge in [-0.25, -0.2) is 0 Å². The molecule has 1 rings (SSSR count). The SMILES string of the molecule is CCCNC(C1CCCCCC1)C(CCC)OC. The van der Waals surface area contributed by atoms with Crippen LogP contribution in [0.25, 0.3) is 0 Å². The van der Waals surface area contributed by atoms with Gasteiger partial charge in [0.25, 0.3) is 0 Å². The molecule has 0 amide bonds. The maximum atomic E-state index is 5.78. The smallest absolute Gasteiger partial charge is 0.0726 e. The highest BCUT2D eigenvalue weighted by atomic mass is 16.5. The molecule has 0 bridgehead atoms. The van der Waals surface area contributed by atoms with Crippen molar-refractivity contribution < 1.29 is 4.74 Å². The second-order valence-corrected chi connectivity index (χ2v) is 5.79. The van der Waals surface area contributed by atoms with E-state index in [0.717, 1.165) is 12.5 Å². The number of ether oxygens (including phenoxy) is 1. The minimum absolute atomic E-state index is 0.407. The first-order chi connectivity index (χ1) is 8.83. The topological polar surface area (TPSA) is 21.3 Å². The third kappa shape index (κ3) is 5.27. The van der Waals surface area contributed by atoms with Crippen LogP contribution in [0.3, 0.4) is 0 Å². The largest absolute Gasteiger partial charge is 0.380 e. The number of rotatable bonds is 8. The Labute approximate surface area is 114 Å². The van der Waals surface area contributed by atoms with E-state index in [1.807, 2.05) is 7.11 Å². The van der Waals surface area contributed by atoms with Gasteiger partial charge in [-0.3, -0.25) is 0 Å². The Morgan fingerprint density at radius 3 is 2.22 bits per heavy atom. The van der Waals surface area contributed by atoms with Gasteiger partial charge in [-0.05, 0) is 38.1 Å². The Kier molecular flexibility index (Phi) is 8.70. The third-order valence-corrected chi connectivity index (χ3v) is 4.31. The normalized spacial score (nSPS) is 21.5. The molecule has 1 saturated carbocycles. The van der Waals surface area contributed by atoms with E-state index in [1.54, 1.807) is 0 Å². The van der Waals surface area contributed by atoms with Crippen molar-refractivity contribution in [3.8, 4) is 0 Å². The minimum atomic E-state index is 0.407. The third-order valence-electron chi connectivity index (χ3n) is 4.31. The van der Waals surface area contributed by atoms with Gasteiger partial charge in [-0.2, -0.15) is 0 Å². The number of methoxy groups -OCH3 is 1. The molecule has 0 aliphatic heterocycles. The van der Waals surface area contributed by atoms with Crippen molar-refractivity contribution in [2.24, 2.45) is 5.92 Å². The van der Waals surface area contributed by atoms with Crippen molar-refractivity contribution in [3.63, 3.8) is 0 Å². The van der Waals surface area contributed by atoms with Crippen LogP contribution >= 0.6 is 0 Å². The molecule has 0 spiro atoms. The molecule has 0 saturated heterocycles. The summed E-state index contributed by atoms with van der Waals surface area (Å²) in [5.74, 6) is 0.829. The zero-order chi connectivity index (χ0) is 13.2. The predicted molar refractivity (Wildman–Crippen MR) is 79.0 cm³/mol. The molecule has 1 aliphatic carbocycles. The van der Waals surface area contributed by atoms with Gasteiger partial charge < -0.3 is 10.1 Å². The minimum Gasteiger partial charge on any atom is -0.380 e. The number of nitrogens with one attached hydrogen (secondary N) is 1. The average Bonchev–Trinajstić information content (AvgIpc) is 2.67. The van der Waals surface area contributed by atoms with Crippen molar-refractivity contribution in [2.45, 2.75) is 83.8 Å². The molecule has 2 heteroatoms. The molecule has 0 aromatic carbocycles. The van der Waals surface area contributed by atoms with E-state index < -0.39 is 0 Å². The quantitative estimate of drug-likeness (QED) is 0.658. The summed E-state index contributed by atoms with van der Waals surface area (Å²) < 4.78 is 5.78. The van der Waals surface area contributed by atoms with Crippen molar-refractivity contribution in [2.75, 3.05) is 13.7 Å². The van der Waals surface area contributed by atoms with Crippen molar-refractivity contribution in [3.05, 3.63) is 0 Å². The van der Waals surface area contributed by atoms with E-state index in [1.165, 1.54) is 57.8 Å². The Hall–Kier alpha value is -0.0800. The van der Waals surface area contributed by atoms with Crippen LogP contribution in [-0.4, -0.2) is 25.8 Å². The highest BCUT2D eigenvalue weighted by Crippen LogP contribution is 2.28. The van der Waals surface area contributed by atoms with E-state index in [4.69, 9.17) is 4.74 Å². The predicted octanol–water partition coefficient (Wildman–Crippen LogP) is 4.14. The van der Waals surface area contributed by atoms with Crippen LogP contribution in [0, 0.1) is 5.92 Å². The Morgan fingerprint density at radius 1 is 1.06 bits per heavy atom. The highest BCUT2D eigenvalue weighted by Gasteiger charge is 2.28. The van der Waals surface area contributed by atoms with Crippen LogP contribution in [0.15, 0.2) is 0 Å². The summed E-state index contributed by atoms with van der Waals surface area (Å²) in [5, 5.41) is 3.78. The molecule has 108 valence electrons. The lowest BCUT2D eigenvalue weighted by molar-refractivity contribution is 0.0374. The molecule has 1 aliphatic rings. The second kappa shape index (κ2) is 9.80. The number of hydrogen-bond acceptors (Lipinski definition) is 2. The summed E-state index contributed by atoms with van der Waals surface area (Å²) in [6.07, 6.45) is 12.5. The average molecular weight is 255 g/mol. The lowest BCUT2D eigenvalue weighted by atomic mass is 9.86. The van der Waals surface area contributed by atoms with Crippen LogP contribution in [0.5, 0.6) is 0 Å². The fourth-order valence-electron chi connectivity index (χ4n) is 3.31. The second-order valence-electron chi connectivity index (χ2n) is 5.79. The summed E-state index contributed by atoms with van der Waals surface area (Å²) in [5.41, 5.74) is 0. The molecular formula is C16H33NO. The first-order valence-electron chi connectivity index (χ1n) is 8.09. The maximum Gasteiger partial charge on any atom is 0.0726 e. The summed E-state index contributed by atoms with van der Waals surface area (Å²) in [6, 6.07) is 0.577. The molecule has 0 aromatic rings. The van der Waals surface area contributed by atoms with Crippen molar-refractivity contribution in [1.29, 1.82) is 0 Å². The first-order valence-corrected chi connectivity index (χ1v) is 8.09. The standard InChI is InChI=1S/C16H33NO/c1-4-10-15(18-3)16(17-13-5-2)14-11-8-6-7-9-12-14/h14-17H,4-13H2,1-3H3. The summed E-state index contributed by atoms with van der Waals surface area (Å²) in [7, 11) is 1.89. The lowest BCUT2D eigenvalue weighted by Gasteiger charge is -2.33. The van der Waals surface area contributed by atoms with E-state index in [2.05, 4.69) is 19.2 Å². The Morgan fingerprint density at radius 2 is 1.72 bits per heavy atom. The zero-order valence-corrected chi connectivity index (χ0v) is 12.7. The fraction of sp³-hybridized carbons (Fsp3) is 1.00. The van der Waals surface area contributed by atoms with Crippen LogP contribution in [0.4, 0.5) is 0 Å². The Balaban J connectivity index is 2.60. The van der Waals surface area contributed by atoms with Gasteiger partial charge in [0.1, 0.15) is 0 Å². The lowest BCUT2D eigenvalue weighted by Crippen LogP contribution is -2.46. The molecule has 0 heterocycles. The molecule has 2 unspecified atom stereocenters. The van der Waals surface area contributed by atoms with E-state index in [-0.39, 0.29) is 0 Å². The van der Waals surface area contributed by atoms with Gasteiger partial charge in [0, 0.05) is 13.2 Å². The van der Waals surface area contributed by atoms with Gasteiger partial charge in [0.05, 0.1) is 6.10 Å². The van der Waals surface area contributed by atoms with Gasteiger partial charge in [-0.15, -0.1) is 0 Å². The fourth-order valence-corrected chi connectivity index (χ4v) is 3.31. The summed E-state index contributed by atoms with van der Waals surface area (Å²) in [4.78, 5) is 0. The van der Waals surface area contributed by atoms with Crippen LogP contribution in [-0.2, 0) is 4.74 Å². The number of hydrogen-bond donors (Lipinski definition) is 1. The van der Waals surface area contributed by atoms with Crippen LogP contribution in [0.1, 0.15) is 71.6 Å². The van der Waals surface area contributed by atoms with E-state index in [9.17, 15) is 0 Å². The molecule has 1 fully saturated rings. The van der Waals surface area contributed by atoms with Crippen LogP contribution < -0.4 is 5.32 Å². The van der Waals surface area contributed by atoms with Gasteiger partial charge in [0.2, 0.25) is 0 Å². The van der Waals surface area contributed by atoms with Gasteiger partial charge in [-0.1, -0.05) is 46.0 Å². The van der Waals surface area contributed by atoms with Gasteiger partial charge >= 0.3 is 0 Å². The molecule has 2 nitrogen and oxygen atoms in total. The van der Waals surface area contributed by atoms with E-state index >= 15 is 0 Å². The van der Waals surface area contributed by atoms with Crippen molar-refractivity contribution >= 4 is 0 Å². The first kappa shape index (κ1) is 16.0. The van der Waals surface area contributed by atoms with E-state index in [0.29, 0.717) is 12.1 Å². The molecular weight excluding hydrogens is 222 g/mol. The van der Waals surface area contributed by atoms with Crippen LogP contribution in [0.2, 0.25) is 0 Å².